The highest BCUT2D eigenvalue weighted by molar-refractivity contribution is 5.94. The molecule has 0 saturated carbocycles. The zero-order valence-electron chi connectivity index (χ0n) is 8.52. The topological polar surface area (TPSA) is 66.4 Å². The van der Waals surface area contributed by atoms with Crippen molar-refractivity contribution in [2.24, 2.45) is 0 Å². The summed E-state index contributed by atoms with van der Waals surface area (Å²) in [4.78, 5) is 21.5. The number of Topliss-reactive ketones (excluding diaryl/α,β-unsaturated/α-hetero) is 1. The molecule has 0 spiro atoms. The normalized spacial score (nSPS) is 11.9. The molecule has 1 rings (SSSR count). The Hall–Kier alpha value is -1.84. The molecular formula is C11H11O4-. The second-order valence-electron chi connectivity index (χ2n) is 3.16. The van der Waals surface area contributed by atoms with Gasteiger partial charge in [-0.3, -0.25) is 4.79 Å². The number of carbonyl (C=O) groups excluding carboxylic acids is 2. The Labute approximate surface area is 87.5 Å². The summed E-state index contributed by atoms with van der Waals surface area (Å²) >= 11 is 0. The van der Waals surface area contributed by atoms with Gasteiger partial charge in [-0.2, -0.15) is 0 Å². The SMILES string of the molecule is CC(=O)c1cccc(OC(C)C(=O)[O-])c1. The smallest absolute Gasteiger partial charge is 0.159 e. The summed E-state index contributed by atoms with van der Waals surface area (Å²) in [7, 11) is 0. The van der Waals surface area contributed by atoms with Crippen LogP contribution in [-0.2, 0) is 4.79 Å². The maximum atomic E-state index is 11.0. The highest BCUT2D eigenvalue weighted by Gasteiger charge is 2.06. The number of benzene rings is 1. The van der Waals surface area contributed by atoms with E-state index in [1.807, 2.05) is 0 Å². The zero-order valence-corrected chi connectivity index (χ0v) is 8.52. The second kappa shape index (κ2) is 4.59. The van der Waals surface area contributed by atoms with Gasteiger partial charge < -0.3 is 14.6 Å². The Morgan fingerprint density at radius 3 is 2.60 bits per heavy atom. The second-order valence-corrected chi connectivity index (χ2v) is 3.16. The molecule has 1 atom stereocenters. The number of ether oxygens (including phenoxy) is 1. The van der Waals surface area contributed by atoms with Gasteiger partial charge in [0.2, 0.25) is 0 Å². The molecule has 0 amide bonds. The van der Waals surface area contributed by atoms with Gasteiger partial charge in [0.15, 0.2) is 5.78 Å². The molecule has 1 aromatic rings. The van der Waals surface area contributed by atoms with Gasteiger partial charge in [0.05, 0.1) is 5.97 Å². The summed E-state index contributed by atoms with van der Waals surface area (Å²) in [5.74, 6) is -1.04. The van der Waals surface area contributed by atoms with Crippen LogP contribution in [0.15, 0.2) is 24.3 Å². The molecule has 0 saturated heterocycles. The van der Waals surface area contributed by atoms with Crippen molar-refractivity contribution in [2.75, 3.05) is 0 Å². The van der Waals surface area contributed by atoms with Crippen LogP contribution in [0.3, 0.4) is 0 Å². The minimum absolute atomic E-state index is 0.0958. The van der Waals surface area contributed by atoms with Crippen molar-refractivity contribution in [3.8, 4) is 5.75 Å². The molecule has 15 heavy (non-hydrogen) atoms. The van der Waals surface area contributed by atoms with E-state index in [4.69, 9.17) is 4.74 Å². The van der Waals surface area contributed by atoms with Crippen LogP contribution in [0.1, 0.15) is 24.2 Å². The Morgan fingerprint density at radius 2 is 2.07 bits per heavy atom. The quantitative estimate of drug-likeness (QED) is 0.670. The first kappa shape index (κ1) is 11.2. The van der Waals surface area contributed by atoms with Crippen LogP contribution in [0, 0.1) is 0 Å². The lowest BCUT2D eigenvalue weighted by Crippen LogP contribution is -2.37. The van der Waals surface area contributed by atoms with Crippen LogP contribution in [0.5, 0.6) is 5.75 Å². The van der Waals surface area contributed by atoms with Crippen molar-refractivity contribution >= 4 is 11.8 Å². The van der Waals surface area contributed by atoms with Crippen LogP contribution in [-0.4, -0.2) is 17.9 Å². The Kier molecular flexibility index (Phi) is 3.44. The standard InChI is InChI=1S/C11H12O4/c1-7(12)9-4-3-5-10(6-9)15-8(2)11(13)14/h3-6,8H,1-2H3,(H,13,14)/p-1. The number of ketones is 1. The van der Waals surface area contributed by atoms with Gasteiger partial charge in [-0.05, 0) is 26.0 Å². The van der Waals surface area contributed by atoms with Gasteiger partial charge in [-0.15, -0.1) is 0 Å². The monoisotopic (exact) mass is 207 g/mol. The van der Waals surface area contributed by atoms with E-state index in [9.17, 15) is 14.7 Å². The maximum absolute atomic E-state index is 11.0. The molecule has 0 aromatic heterocycles. The fourth-order valence-corrected chi connectivity index (χ4v) is 1.04. The van der Waals surface area contributed by atoms with Gasteiger partial charge in [0.1, 0.15) is 11.9 Å². The Balaban J connectivity index is 2.82. The first-order valence-corrected chi connectivity index (χ1v) is 4.49. The van der Waals surface area contributed by atoms with Crippen LogP contribution < -0.4 is 9.84 Å². The fraction of sp³-hybridized carbons (Fsp3) is 0.273. The molecule has 80 valence electrons. The minimum atomic E-state index is -1.29. The number of carbonyl (C=O) groups is 2. The van der Waals surface area contributed by atoms with Crippen molar-refractivity contribution in [2.45, 2.75) is 20.0 Å². The summed E-state index contributed by atoms with van der Waals surface area (Å²) in [6, 6.07) is 6.36. The van der Waals surface area contributed by atoms with Crippen molar-refractivity contribution in [3.63, 3.8) is 0 Å². The van der Waals surface area contributed by atoms with E-state index in [1.165, 1.54) is 19.9 Å². The van der Waals surface area contributed by atoms with Gasteiger partial charge in [-0.1, -0.05) is 12.1 Å². The molecule has 1 aromatic carbocycles. The number of carboxylic acid groups (broad SMARTS) is 1. The zero-order chi connectivity index (χ0) is 11.4. The van der Waals surface area contributed by atoms with Crippen molar-refractivity contribution in [1.82, 2.24) is 0 Å². The predicted octanol–water partition coefficient (Wildman–Crippen LogP) is 0.406. The average molecular weight is 207 g/mol. The third-order valence-corrected chi connectivity index (χ3v) is 1.89. The molecule has 0 radical (unpaired) electrons. The molecule has 0 aliphatic rings. The third kappa shape index (κ3) is 3.09. The van der Waals surface area contributed by atoms with E-state index < -0.39 is 12.1 Å². The fourth-order valence-electron chi connectivity index (χ4n) is 1.04. The molecule has 4 heteroatoms. The summed E-state index contributed by atoms with van der Waals surface area (Å²) in [5.41, 5.74) is 0.484. The summed E-state index contributed by atoms with van der Waals surface area (Å²) in [5, 5.41) is 10.4. The predicted molar refractivity (Wildman–Crippen MR) is 51.5 cm³/mol. The van der Waals surface area contributed by atoms with Crippen LogP contribution in [0.25, 0.3) is 0 Å². The lowest BCUT2D eigenvalue weighted by molar-refractivity contribution is -0.312. The molecule has 0 fully saturated rings. The van der Waals surface area contributed by atoms with E-state index in [-0.39, 0.29) is 5.78 Å². The average Bonchev–Trinajstić information content (AvgIpc) is 2.18. The molecular weight excluding hydrogens is 196 g/mol. The van der Waals surface area contributed by atoms with E-state index in [1.54, 1.807) is 18.2 Å². The highest BCUT2D eigenvalue weighted by Crippen LogP contribution is 2.15. The number of rotatable bonds is 4. The van der Waals surface area contributed by atoms with Gasteiger partial charge in [0, 0.05) is 5.56 Å². The highest BCUT2D eigenvalue weighted by atomic mass is 16.5. The van der Waals surface area contributed by atoms with Crippen LogP contribution in [0.2, 0.25) is 0 Å². The molecule has 0 aliphatic carbocycles. The molecule has 0 heterocycles. The summed E-state index contributed by atoms with van der Waals surface area (Å²) < 4.78 is 5.05. The first-order valence-electron chi connectivity index (χ1n) is 4.49. The summed E-state index contributed by atoms with van der Waals surface area (Å²) in [6.45, 7) is 2.80. The van der Waals surface area contributed by atoms with Crippen molar-refractivity contribution < 1.29 is 19.4 Å². The van der Waals surface area contributed by atoms with Gasteiger partial charge in [-0.25, -0.2) is 0 Å². The number of aliphatic carboxylic acids is 1. The van der Waals surface area contributed by atoms with E-state index in [2.05, 4.69) is 0 Å². The molecule has 0 bridgehead atoms. The number of carboxylic acids is 1. The largest absolute Gasteiger partial charge is 0.546 e. The van der Waals surface area contributed by atoms with Crippen LogP contribution >= 0.6 is 0 Å². The van der Waals surface area contributed by atoms with Gasteiger partial charge in [0.25, 0.3) is 0 Å². The Bertz CT molecular complexity index is 384. The molecule has 1 unspecified atom stereocenters. The first-order chi connectivity index (χ1) is 7.00. The van der Waals surface area contributed by atoms with E-state index in [0.717, 1.165) is 0 Å². The van der Waals surface area contributed by atoms with Crippen molar-refractivity contribution in [3.05, 3.63) is 29.8 Å². The van der Waals surface area contributed by atoms with Gasteiger partial charge >= 0.3 is 0 Å². The van der Waals surface area contributed by atoms with Crippen molar-refractivity contribution in [1.29, 1.82) is 0 Å². The maximum Gasteiger partial charge on any atom is 0.159 e. The lowest BCUT2D eigenvalue weighted by Gasteiger charge is -2.15. The van der Waals surface area contributed by atoms with E-state index >= 15 is 0 Å². The number of hydrogen-bond acceptors (Lipinski definition) is 4. The molecule has 0 aliphatic heterocycles. The Morgan fingerprint density at radius 1 is 1.40 bits per heavy atom. The van der Waals surface area contributed by atoms with Crippen LogP contribution in [0.4, 0.5) is 0 Å². The van der Waals surface area contributed by atoms with E-state index in [0.29, 0.717) is 11.3 Å². The summed E-state index contributed by atoms with van der Waals surface area (Å²) in [6.07, 6.45) is -1.03. The third-order valence-electron chi connectivity index (χ3n) is 1.89. The minimum Gasteiger partial charge on any atom is -0.546 e. The molecule has 4 nitrogen and oxygen atoms in total. The molecule has 0 N–H and O–H groups in total. The lowest BCUT2D eigenvalue weighted by atomic mass is 10.1. The number of hydrogen-bond donors (Lipinski definition) is 0.